The molecule has 0 unspecified atom stereocenters. The van der Waals surface area contributed by atoms with Crippen molar-refractivity contribution in [3.8, 4) is 11.4 Å². The number of hydrogen-bond donors (Lipinski definition) is 2. The molecule has 5 nitrogen and oxygen atoms in total. The first-order chi connectivity index (χ1) is 11.1. The van der Waals surface area contributed by atoms with Gasteiger partial charge in [0.05, 0.1) is 10.9 Å². The van der Waals surface area contributed by atoms with E-state index in [2.05, 4.69) is 15.0 Å². The van der Waals surface area contributed by atoms with E-state index >= 15 is 0 Å². The number of benzene rings is 2. The molecular formula is C17H10ClN3O2. The van der Waals surface area contributed by atoms with Crippen LogP contribution in [0.4, 0.5) is 0 Å². The highest BCUT2D eigenvalue weighted by molar-refractivity contribution is 6.36. The summed E-state index contributed by atoms with van der Waals surface area (Å²) in [5.41, 5.74) is 2.32. The lowest BCUT2D eigenvalue weighted by molar-refractivity contribution is 0.0697. The zero-order chi connectivity index (χ0) is 16.0. The maximum absolute atomic E-state index is 11.1. The summed E-state index contributed by atoms with van der Waals surface area (Å²) in [4.78, 5) is 23.1. The number of hydrogen-bond acceptors (Lipinski definition) is 3. The Morgan fingerprint density at radius 2 is 1.87 bits per heavy atom. The zero-order valence-corrected chi connectivity index (χ0v) is 12.5. The van der Waals surface area contributed by atoms with Gasteiger partial charge in [-0.25, -0.2) is 14.8 Å². The van der Waals surface area contributed by atoms with E-state index in [-0.39, 0.29) is 5.56 Å². The van der Waals surface area contributed by atoms with Gasteiger partial charge in [-0.15, -0.1) is 0 Å². The summed E-state index contributed by atoms with van der Waals surface area (Å²) in [5, 5.41) is 10.9. The summed E-state index contributed by atoms with van der Waals surface area (Å²) in [6.07, 6.45) is 0. The molecule has 0 spiro atoms. The zero-order valence-electron chi connectivity index (χ0n) is 11.7. The number of halogens is 1. The van der Waals surface area contributed by atoms with Crippen LogP contribution in [0.5, 0.6) is 0 Å². The van der Waals surface area contributed by atoms with Crippen LogP contribution in [0.2, 0.25) is 5.15 Å². The number of carboxylic acid groups (broad SMARTS) is 1. The van der Waals surface area contributed by atoms with Crippen LogP contribution in [0.25, 0.3) is 33.3 Å². The molecule has 2 N–H and O–H groups in total. The van der Waals surface area contributed by atoms with Crippen LogP contribution in [-0.2, 0) is 0 Å². The van der Waals surface area contributed by atoms with Crippen LogP contribution in [0.3, 0.4) is 0 Å². The van der Waals surface area contributed by atoms with E-state index in [1.54, 1.807) is 18.2 Å². The van der Waals surface area contributed by atoms with Crippen LogP contribution in [0.15, 0.2) is 48.5 Å². The van der Waals surface area contributed by atoms with Gasteiger partial charge in [-0.05, 0) is 12.1 Å². The summed E-state index contributed by atoms with van der Waals surface area (Å²) in [6.45, 7) is 0. The molecule has 0 aliphatic heterocycles. The number of carbonyl (C=O) groups is 1. The maximum atomic E-state index is 11.1. The normalized spacial score (nSPS) is 11.2. The maximum Gasteiger partial charge on any atom is 0.335 e. The van der Waals surface area contributed by atoms with Gasteiger partial charge in [0.15, 0.2) is 5.82 Å². The second kappa shape index (κ2) is 5.07. The van der Waals surface area contributed by atoms with Crippen LogP contribution < -0.4 is 0 Å². The molecule has 112 valence electrons. The van der Waals surface area contributed by atoms with Gasteiger partial charge in [0.1, 0.15) is 10.8 Å². The molecule has 0 saturated carbocycles. The second-order valence-electron chi connectivity index (χ2n) is 5.12. The summed E-state index contributed by atoms with van der Waals surface area (Å²) in [5.74, 6) is -0.458. The van der Waals surface area contributed by atoms with Crippen molar-refractivity contribution in [3.05, 3.63) is 59.2 Å². The smallest absolute Gasteiger partial charge is 0.335 e. The van der Waals surface area contributed by atoms with Crippen LogP contribution >= 0.6 is 11.6 Å². The molecule has 0 aliphatic carbocycles. The Bertz CT molecular complexity index is 1060. The van der Waals surface area contributed by atoms with Crippen molar-refractivity contribution < 1.29 is 9.90 Å². The Hall–Kier alpha value is -2.92. The van der Waals surface area contributed by atoms with Crippen molar-refractivity contribution in [3.63, 3.8) is 0 Å². The van der Waals surface area contributed by atoms with Crippen LogP contribution in [-0.4, -0.2) is 26.0 Å². The molecule has 0 amide bonds. The van der Waals surface area contributed by atoms with Gasteiger partial charge < -0.3 is 10.1 Å². The Kier molecular flexibility index (Phi) is 3.02. The van der Waals surface area contributed by atoms with Crippen molar-refractivity contribution in [2.75, 3.05) is 0 Å². The number of aromatic amines is 1. The highest BCUT2D eigenvalue weighted by Gasteiger charge is 2.14. The molecule has 23 heavy (non-hydrogen) atoms. The van der Waals surface area contributed by atoms with E-state index < -0.39 is 5.97 Å². The molecule has 6 heteroatoms. The molecule has 2 aromatic carbocycles. The largest absolute Gasteiger partial charge is 0.478 e. The topological polar surface area (TPSA) is 78.9 Å². The fraction of sp³-hybridized carbons (Fsp3) is 0. The molecule has 4 aromatic rings. The van der Waals surface area contributed by atoms with Gasteiger partial charge in [-0.2, -0.15) is 0 Å². The highest BCUT2D eigenvalue weighted by Crippen LogP contribution is 2.31. The van der Waals surface area contributed by atoms with E-state index in [1.807, 2.05) is 30.3 Å². The van der Waals surface area contributed by atoms with Gasteiger partial charge in [-0.1, -0.05) is 48.0 Å². The predicted octanol–water partition coefficient (Wildman–Crippen LogP) is 4.13. The molecule has 2 aromatic heterocycles. The van der Waals surface area contributed by atoms with Crippen LogP contribution in [0.1, 0.15) is 10.4 Å². The molecule has 0 fully saturated rings. The number of H-pyrrole nitrogens is 1. The van der Waals surface area contributed by atoms with Gasteiger partial charge in [-0.3, -0.25) is 0 Å². The van der Waals surface area contributed by atoms with E-state index in [9.17, 15) is 4.79 Å². The second-order valence-corrected chi connectivity index (χ2v) is 5.48. The molecule has 2 heterocycles. The lowest BCUT2D eigenvalue weighted by atomic mass is 10.1. The fourth-order valence-electron chi connectivity index (χ4n) is 2.61. The number of carboxylic acids is 1. The van der Waals surface area contributed by atoms with E-state index in [0.717, 1.165) is 10.9 Å². The van der Waals surface area contributed by atoms with Crippen LogP contribution in [0, 0.1) is 0 Å². The predicted molar refractivity (Wildman–Crippen MR) is 88.8 cm³/mol. The third-order valence-corrected chi connectivity index (χ3v) is 3.96. The SMILES string of the molecule is O=C(O)c1ccc2c(c1)[nH]c1nc(-c3ccccc3)nc(Cl)c12. The average molecular weight is 324 g/mol. The lowest BCUT2D eigenvalue weighted by Crippen LogP contribution is -1.94. The van der Waals surface area contributed by atoms with E-state index in [0.29, 0.717) is 27.5 Å². The van der Waals surface area contributed by atoms with Crippen molar-refractivity contribution in [2.45, 2.75) is 0 Å². The number of nitrogens with one attached hydrogen (secondary N) is 1. The number of nitrogens with zero attached hydrogens (tertiary/aromatic N) is 2. The minimum atomic E-state index is -0.979. The number of rotatable bonds is 2. The Labute approximate surface area is 135 Å². The quantitative estimate of drug-likeness (QED) is 0.544. The third kappa shape index (κ3) is 2.22. The Balaban J connectivity index is 2.00. The molecule has 0 atom stereocenters. The average Bonchev–Trinajstić information content (AvgIpc) is 2.93. The minimum Gasteiger partial charge on any atom is -0.478 e. The molecule has 0 aliphatic rings. The third-order valence-electron chi connectivity index (χ3n) is 3.69. The van der Waals surface area contributed by atoms with Gasteiger partial charge in [0, 0.05) is 16.5 Å². The Morgan fingerprint density at radius 3 is 2.61 bits per heavy atom. The first-order valence-electron chi connectivity index (χ1n) is 6.91. The van der Waals surface area contributed by atoms with Crippen molar-refractivity contribution >= 4 is 39.5 Å². The number of aromatic carboxylic acids is 1. The lowest BCUT2D eigenvalue weighted by Gasteiger charge is -2.01. The fourth-order valence-corrected chi connectivity index (χ4v) is 2.88. The van der Waals surface area contributed by atoms with Gasteiger partial charge in [0.25, 0.3) is 0 Å². The van der Waals surface area contributed by atoms with E-state index in [4.69, 9.17) is 16.7 Å². The summed E-state index contributed by atoms with van der Waals surface area (Å²) >= 11 is 6.35. The molecule has 0 bridgehead atoms. The van der Waals surface area contributed by atoms with Gasteiger partial charge in [0.2, 0.25) is 0 Å². The summed E-state index contributed by atoms with van der Waals surface area (Å²) < 4.78 is 0. The minimum absolute atomic E-state index is 0.205. The molecule has 0 saturated heterocycles. The summed E-state index contributed by atoms with van der Waals surface area (Å²) in [7, 11) is 0. The standard InChI is InChI=1S/C17H10ClN3O2/c18-14-13-11-7-6-10(17(22)23)8-12(11)19-16(13)21-15(20-14)9-4-2-1-3-5-9/h1-8H,(H,22,23)(H,19,20,21). The molecule has 0 radical (unpaired) electrons. The Morgan fingerprint density at radius 1 is 1.09 bits per heavy atom. The number of fused-ring (bicyclic) bond motifs is 3. The van der Waals surface area contributed by atoms with Crippen molar-refractivity contribution in [2.24, 2.45) is 0 Å². The first-order valence-corrected chi connectivity index (χ1v) is 7.29. The van der Waals surface area contributed by atoms with Crippen molar-refractivity contribution in [1.82, 2.24) is 15.0 Å². The number of aromatic nitrogens is 3. The monoisotopic (exact) mass is 323 g/mol. The first kappa shape index (κ1) is 13.7. The summed E-state index contributed by atoms with van der Waals surface area (Å²) in [6, 6.07) is 14.4. The van der Waals surface area contributed by atoms with Crippen molar-refractivity contribution in [1.29, 1.82) is 0 Å². The highest BCUT2D eigenvalue weighted by atomic mass is 35.5. The molecular weight excluding hydrogens is 314 g/mol. The molecule has 4 rings (SSSR count). The van der Waals surface area contributed by atoms with Gasteiger partial charge >= 0.3 is 5.97 Å². The van der Waals surface area contributed by atoms with E-state index in [1.165, 1.54) is 0 Å².